The van der Waals surface area contributed by atoms with Crippen molar-refractivity contribution in [1.82, 2.24) is 4.90 Å². The van der Waals surface area contributed by atoms with E-state index < -0.39 is 9.84 Å². The lowest BCUT2D eigenvalue weighted by Gasteiger charge is -2.28. The summed E-state index contributed by atoms with van der Waals surface area (Å²) in [6, 6.07) is 14.7. The maximum absolute atomic E-state index is 13.3. The SMILES string of the molecule is C=CCOc1ccc(C(=O)N(Cc2ccc(CC)cc2)C2CCS(=O)(=O)C2)cc1. The number of hydrogen-bond donors (Lipinski definition) is 0. The van der Waals surface area contributed by atoms with Gasteiger partial charge in [-0.15, -0.1) is 0 Å². The Labute approximate surface area is 172 Å². The van der Waals surface area contributed by atoms with Crippen LogP contribution in [0.3, 0.4) is 0 Å². The number of carbonyl (C=O) groups is 1. The summed E-state index contributed by atoms with van der Waals surface area (Å²) in [6.07, 6.45) is 3.08. The van der Waals surface area contributed by atoms with E-state index in [9.17, 15) is 13.2 Å². The number of aryl methyl sites for hydroxylation is 1. The van der Waals surface area contributed by atoms with Crippen LogP contribution in [0.5, 0.6) is 5.75 Å². The third-order valence-electron chi connectivity index (χ3n) is 5.16. The van der Waals surface area contributed by atoms with Gasteiger partial charge in [0, 0.05) is 18.2 Å². The first kappa shape index (κ1) is 21.1. The summed E-state index contributed by atoms with van der Waals surface area (Å²) < 4.78 is 29.5. The molecule has 0 N–H and O–H groups in total. The maximum atomic E-state index is 13.3. The van der Waals surface area contributed by atoms with Gasteiger partial charge in [0.25, 0.3) is 5.91 Å². The van der Waals surface area contributed by atoms with Gasteiger partial charge < -0.3 is 9.64 Å². The van der Waals surface area contributed by atoms with Gasteiger partial charge in [0.05, 0.1) is 11.5 Å². The fourth-order valence-corrected chi connectivity index (χ4v) is 5.21. The van der Waals surface area contributed by atoms with Crippen molar-refractivity contribution in [2.45, 2.75) is 32.4 Å². The van der Waals surface area contributed by atoms with Crippen molar-refractivity contribution in [2.75, 3.05) is 18.1 Å². The van der Waals surface area contributed by atoms with Crippen molar-refractivity contribution < 1.29 is 17.9 Å². The molecule has 6 heteroatoms. The number of amides is 1. The number of sulfone groups is 1. The second-order valence-corrected chi connectivity index (χ2v) is 9.51. The Morgan fingerprint density at radius 1 is 1.14 bits per heavy atom. The summed E-state index contributed by atoms with van der Waals surface area (Å²) in [7, 11) is -3.10. The molecule has 0 aromatic heterocycles. The zero-order chi connectivity index (χ0) is 20.9. The minimum absolute atomic E-state index is 0.0202. The summed E-state index contributed by atoms with van der Waals surface area (Å²) >= 11 is 0. The quantitative estimate of drug-likeness (QED) is 0.620. The number of hydrogen-bond acceptors (Lipinski definition) is 4. The van der Waals surface area contributed by atoms with Gasteiger partial charge in [0.2, 0.25) is 0 Å². The summed E-state index contributed by atoms with van der Waals surface area (Å²) in [6.45, 7) is 6.49. The van der Waals surface area contributed by atoms with Crippen LogP contribution in [0.1, 0.15) is 34.8 Å². The standard InChI is InChI=1S/C23H27NO4S/c1-3-14-28-22-11-9-20(10-12-22)23(25)24(21-13-15-29(26,27)17-21)16-19-7-5-18(4-2)6-8-19/h3,5-12,21H,1,4,13-17H2,2H3. The zero-order valence-corrected chi connectivity index (χ0v) is 17.5. The molecule has 2 aromatic rings. The van der Waals surface area contributed by atoms with Crippen LogP contribution in [0.4, 0.5) is 0 Å². The average Bonchev–Trinajstić information content (AvgIpc) is 3.10. The minimum Gasteiger partial charge on any atom is -0.490 e. The molecule has 2 aromatic carbocycles. The molecule has 1 atom stereocenters. The number of rotatable bonds is 8. The molecule has 1 amide bonds. The summed E-state index contributed by atoms with van der Waals surface area (Å²) in [5, 5.41) is 0. The van der Waals surface area contributed by atoms with Crippen molar-refractivity contribution in [3.63, 3.8) is 0 Å². The third kappa shape index (κ3) is 5.48. The van der Waals surface area contributed by atoms with Crippen molar-refractivity contribution >= 4 is 15.7 Å². The van der Waals surface area contributed by atoms with E-state index in [0.717, 1.165) is 12.0 Å². The largest absolute Gasteiger partial charge is 0.490 e. The van der Waals surface area contributed by atoms with Gasteiger partial charge in [0.15, 0.2) is 9.84 Å². The van der Waals surface area contributed by atoms with E-state index in [4.69, 9.17) is 4.74 Å². The van der Waals surface area contributed by atoms with Gasteiger partial charge in [0.1, 0.15) is 12.4 Å². The third-order valence-corrected chi connectivity index (χ3v) is 6.91. The first-order valence-electron chi connectivity index (χ1n) is 9.85. The highest BCUT2D eigenvalue weighted by molar-refractivity contribution is 7.91. The van der Waals surface area contributed by atoms with Gasteiger partial charge in [-0.3, -0.25) is 4.79 Å². The van der Waals surface area contributed by atoms with Crippen molar-refractivity contribution in [1.29, 1.82) is 0 Å². The molecule has 0 aliphatic carbocycles. The Kier molecular flexibility index (Phi) is 6.75. The van der Waals surface area contributed by atoms with Crippen molar-refractivity contribution in [2.24, 2.45) is 0 Å². The van der Waals surface area contributed by atoms with E-state index in [-0.39, 0.29) is 23.5 Å². The fourth-order valence-electron chi connectivity index (χ4n) is 3.48. The Balaban J connectivity index is 1.83. The molecule has 0 radical (unpaired) electrons. The van der Waals surface area contributed by atoms with E-state index in [2.05, 4.69) is 25.6 Å². The summed E-state index contributed by atoms with van der Waals surface area (Å²) in [5.74, 6) is 0.644. The van der Waals surface area contributed by atoms with Gasteiger partial charge in [-0.25, -0.2) is 8.42 Å². The van der Waals surface area contributed by atoms with Crippen LogP contribution < -0.4 is 4.74 Å². The molecule has 0 saturated carbocycles. The zero-order valence-electron chi connectivity index (χ0n) is 16.7. The fraction of sp³-hybridized carbons (Fsp3) is 0.348. The number of nitrogens with zero attached hydrogens (tertiary/aromatic N) is 1. The normalized spacial score (nSPS) is 17.6. The van der Waals surface area contributed by atoms with Gasteiger partial charge in [-0.1, -0.05) is 43.8 Å². The van der Waals surface area contributed by atoms with E-state index in [1.807, 2.05) is 12.1 Å². The van der Waals surface area contributed by atoms with Crippen LogP contribution in [0.15, 0.2) is 61.2 Å². The van der Waals surface area contributed by atoms with Crippen LogP contribution >= 0.6 is 0 Å². The predicted octanol–water partition coefficient (Wildman–Crippen LogP) is 3.64. The molecule has 1 saturated heterocycles. The molecule has 5 nitrogen and oxygen atoms in total. The Morgan fingerprint density at radius 3 is 2.34 bits per heavy atom. The highest BCUT2D eigenvalue weighted by Crippen LogP contribution is 2.23. The van der Waals surface area contributed by atoms with Crippen LogP contribution in [-0.2, 0) is 22.8 Å². The van der Waals surface area contributed by atoms with E-state index in [1.54, 1.807) is 35.2 Å². The predicted molar refractivity (Wildman–Crippen MR) is 115 cm³/mol. The van der Waals surface area contributed by atoms with Crippen LogP contribution in [0.2, 0.25) is 0 Å². The summed E-state index contributed by atoms with van der Waals surface area (Å²) in [4.78, 5) is 15.0. The average molecular weight is 414 g/mol. The van der Waals surface area contributed by atoms with Crippen molar-refractivity contribution in [3.05, 3.63) is 77.9 Å². The minimum atomic E-state index is -3.10. The molecule has 154 valence electrons. The summed E-state index contributed by atoms with van der Waals surface area (Å²) in [5.41, 5.74) is 2.74. The molecule has 0 spiro atoms. The van der Waals surface area contributed by atoms with E-state index in [0.29, 0.717) is 30.9 Å². The smallest absolute Gasteiger partial charge is 0.254 e. The molecule has 1 unspecified atom stereocenters. The highest BCUT2D eigenvalue weighted by Gasteiger charge is 2.35. The molecule has 3 rings (SSSR count). The second kappa shape index (κ2) is 9.27. The Hall–Kier alpha value is -2.60. The lowest BCUT2D eigenvalue weighted by molar-refractivity contribution is 0.0681. The number of ether oxygens (including phenoxy) is 1. The Morgan fingerprint density at radius 2 is 1.79 bits per heavy atom. The number of benzene rings is 2. The van der Waals surface area contributed by atoms with Crippen LogP contribution in [-0.4, -0.2) is 43.4 Å². The highest BCUT2D eigenvalue weighted by atomic mass is 32.2. The second-order valence-electron chi connectivity index (χ2n) is 7.28. The molecular weight excluding hydrogens is 386 g/mol. The van der Waals surface area contributed by atoms with Gasteiger partial charge in [-0.05, 0) is 48.2 Å². The van der Waals surface area contributed by atoms with Crippen LogP contribution in [0.25, 0.3) is 0 Å². The van der Waals surface area contributed by atoms with Crippen LogP contribution in [0, 0.1) is 0 Å². The van der Waals surface area contributed by atoms with Gasteiger partial charge >= 0.3 is 0 Å². The van der Waals surface area contributed by atoms with Gasteiger partial charge in [-0.2, -0.15) is 0 Å². The monoisotopic (exact) mass is 413 g/mol. The topological polar surface area (TPSA) is 63.7 Å². The molecule has 1 heterocycles. The molecule has 1 aliphatic rings. The lowest BCUT2D eigenvalue weighted by atomic mass is 10.1. The lowest BCUT2D eigenvalue weighted by Crippen LogP contribution is -2.40. The molecule has 0 bridgehead atoms. The van der Waals surface area contributed by atoms with E-state index >= 15 is 0 Å². The number of carbonyl (C=O) groups excluding carboxylic acids is 1. The molecular formula is C23H27NO4S. The van der Waals surface area contributed by atoms with E-state index in [1.165, 1.54) is 5.56 Å². The first-order valence-corrected chi connectivity index (χ1v) is 11.7. The Bertz CT molecular complexity index is 949. The maximum Gasteiger partial charge on any atom is 0.254 e. The van der Waals surface area contributed by atoms with Crippen molar-refractivity contribution in [3.8, 4) is 5.75 Å². The molecule has 1 aliphatic heterocycles. The molecule has 29 heavy (non-hydrogen) atoms. The molecule has 1 fully saturated rings. The first-order chi connectivity index (χ1) is 13.9.